The first-order valence-corrected chi connectivity index (χ1v) is 7.33. The first kappa shape index (κ1) is 15.4. The third-order valence-electron chi connectivity index (χ3n) is 4.16. The predicted octanol–water partition coefficient (Wildman–Crippen LogP) is 4.85. The topological polar surface area (TPSA) is 12.0 Å². The lowest BCUT2D eigenvalue weighted by Crippen LogP contribution is -2.41. The second kappa shape index (κ2) is 6.61. The quantitative estimate of drug-likeness (QED) is 0.834. The first-order chi connectivity index (χ1) is 9.46. The number of alkyl halides is 3. The molecule has 0 spiro atoms. The molecule has 2 rings (SSSR count). The van der Waals surface area contributed by atoms with Crippen molar-refractivity contribution in [3.05, 3.63) is 35.9 Å². The number of benzene rings is 1. The van der Waals surface area contributed by atoms with Crippen LogP contribution >= 0.6 is 0 Å². The van der Waals surface area contributed by atoms with Crippen molar-refractivity contribution in [2.24, 2.45) is 5.92 Å². The lowest BCUT2D eigenvalue weighted by atomic mass is 9.85. The van der Waals surface area contributed by atoms with Crippen LogP contribution in [0.1, 0.15) is 50.6 Å². The smallest absolute Gasteiger partial charge is 0.307 e. The second-order valence-electron chi connectivity index (χ2n) is 5.82. The van der Waals surface area contributed by atoms with Gasteiger partial charge in [0, 0.05) is 12.1 Å². The van der Waals surface area contributed by atoms with Crippen LogP contribution in [0.15, 0.2) is 30.3 Å². The van der Waals surface area contributed by atoms with Gasteiger partial charge in [0.25, 0.3) is 0 Å². The molecule has 1 aliphatic carbocycles. The summed E-state index contributed by atoms with van der Waals surface area (Å²) in [5.41, 5.74) is 0.725. The van der Waals surface area contributed by atoms with Crippen molar-refractivity contribution in [2.45, 2.75) is 57.3 Å². The lowest BCUT2D eigenvalue weighted by molar-refractivity contribution is -0.141. The zero-order valence-corrected chi connectivity index (χ0v) is 11.8. The van der Waals surface area contributed by atoms with Gasteiger partial charge in [-0.3, -0.25) is 0 Å². The second-order valence-corrected chi connectivity index (χ2v) is 5.82. The summed E-state index contributed by atoms with van der Waals surface area (Å²) in [5, 5.41) is 3.26. The molecule has 0 saturated heterocycles. The van der Waals surface area contributed by atoms with Gasteiger partial charge in [-0.05, 0) is 24.3 Å². The normalized spacial score (nSPS) is 25.4. The fourth-order valence-corrected chi connectivity index (χ4v) is 3.01. The van der Waals surface area contributed by atoms with E-state index in [4.69, 9.17) is 0 Å². The van der Waals surface area contributed by atoms with Crippen LogP contribution in [0.3, 0.4) is 0 Å². The van der Waals surface area contributed by atoms with Crippen molar-refractivity contribution in [1.29, 1.82) is 0 Å². The van der Waals surface area contributed by atoms with Crippen LogP contribution in [0.4, 0.5) is 13.2 Å². The Balaban J connectivity index is 2.10. The minimum atomic E-state index is -4.15. The maximum absolute atomic E-state index is 12.8. The highest BCUT2D eigenvalue weighted by molar-refractivity contribution is 5.19. The van der Waals surface area contributed by atoms with E-state index in [9.17, 15) is 13.2 Å². The molecular formula is C16H22F3N. The van der Waals surface area contributed by atoms with E-state index in [1.807, 2.05) is 6.07 Å². The summed E-state index contributed by atoms with van der Waals surface area (Å²) in [6.45, 7) is 2.13. The van der Waals surface area contributed by atoms with Crippen molar-refractivity contribution in [3.63, 3.8) is 0 Å². The fourth-order valence-electron chi connectivity index (χ4n) is 3.01. The van der Waals surface area contributed by atoms with Crippen LogP contribution in [0, 0.1) is 5.92 Å². The highest BCUT2D eigenvalue weighted by atomic mass is 19.4. The fraction of sp³-hybridized carbons (Fsp3) is 0.625. The van der Waals surface area contributed by atoms with E-state index in [0.29, 0.717) is 5.92 Å². The predicted molar refractivity (Wildman–Crippen MR) is 74.4 cm³/mol. The highest BCUT2D eigenvalue weighted by Gasteiger charge is 2.34. The molecule has 3 unspecified atom stereocenters. The molecule has 1 aromatic rings. The molecule has 4 heteroatoms. The largest absolute Gasteiger partial charge is 0.390 e. The molecule has 0 aromatic heterocycles. The van der Waals surface area contributed by atoms with Crippen molar-refractivity contribution < 1.29 is 13.2 Å². The Morgan fingerprint density at radius 1 is 1.15 bits per heavy atom. The number of hydrogen-bond donors (Lipinski definition) is 1. The standard InChI is InChI=1S/C16H22F3N/c1-12-7-5-6-10-14(12)20-15(11-16(17,18)19)13-8-3-2-4-9-13/h2-4,8-9,12,14-15,20H,5-7,10-11H2,1H3. The minimum absolute atomic E-state index is 0.191. The van der Waals surface area contributed by atoms with E-state index in [2.05, 4.69) is 12.2 Å². The van der Waals surface area contributed by atoms with Crippen LogP contribution in [0.25, 0.3) is 0 Å². The summed E-state index contributed by atoms with van der Waals surface area (Å²) in [7, 11) is 0. The molecule has 1 aliphatic rings. The molecule has 0 radical (unpaired) electrons. The highest BCUT2D eigenvalue weighted by Crippen LogP contribution is 2.32. The summed E-state index contributed by atoms with van der Waals surface area (Å²) in [6, 6.07) is 8.53. The third-order valence-corrected chi connectivity index (χ3v) is 4.16. The third kappa shape index (κ3) is 4.51. The molecular weight excluding hydrogens is 263 g/mol. The molecule has 1 N–H and O–H groups in total. The Hall–Kier alpha value is -1.03. The molecule has 1 fully saturated rings. The molecule has 0 aliphatic heterocycles. The molecule has 1 nitrogen and oxygen atoms in total. The van der Waals surface area contributed by atoms with E-state index in [1.54, 1.807) is 24.3 Å². The summed E-state index contributed by atoms with van der Waals surface area (Å²) in [4.78, 5) is 0. The molecule has 20 heavy (non-hydrogen) atoms. The zero-order valence-electron chi connectivity index (χ0n) is 11.8. The SMILES string of the molecule is CC1CCCCC1NC(CC(F)(F)F)c1ccccc1. The number of rotatable bonds is 4. The van der Waals surface area contributed by atoms with Crippen molar-refractivity contribution in [2.75, 3.05) is 0 Å². The van der Waals surface area contributed by atoms with Crippen LogP contribution in [0.2, 0.25) is 0 Å². The first-order valence-electron chi connectivity index (χ1n) is 7.33. The summed E-state index contributed by atoms with van der Waals surface area (Å²) < 4.78 is 38.4. The zero-order chi connectivity index (χ0) is 14.6. The Labute approximate surface area is 118 Å². The van der Waals surface area contributed by atoms with Gasteiger partial charge in [0.1, 0.15) is 0 Å². The van der Waals surface area contributed by atoms with Gasteiger partial charge >= 0.3 is 6.18 Å². The van der Waals surface area contributed by atoms with Gasteiger partial charge in [0.15, 0.2) is 0 Å². The van der Waals surface area contributed by atoms with E-state index < -0.39 is 18.6 Å². The van der Waals surface area contributed by atoms with Crippen molar-refractivity contribution in [1.82, 2.24) is 5.32 Å². The minimum Gasteiger partial charge on any atom is -0.307 e. The lowest BCUT2D eigenvalue weighted by Gasteiger charge is -2.34. The van der Waals surface area contributed by atoms with Gasteiger partial charge in [-0.2, -0.15) is 13.2 Å². The summed E-state index contributed by atoms with van der Waals surface area (Å²) in [6.07, 6.45) is -0.580. The molecule has 0 bridgehead atoms. The Morgan fingerprint density at radius 3 is 2.40 bits per heavy atom. The van der Waals surface area contributed by atoms with Gasteiger partial charge in [-0.25, -0.2) is 0 Å². The molecule has 3 atom stereocenters. The molecule has 0 heterocycles. The van der Waals surface area contributed by atoms with E-state index in [-0.39, 0.29) is 6.04 Å². The van der Waals surface area contributed by atoms with Crippen LogP contribution in [-0.4, -0.2) is 12.2 Å². The number of halogens is 3. The van der Waals surface area contributed by atoms with Crippen LogP contribution in [-0.2, 0) is 0 Å². The Bertz CT molecular complexity index is 402. The summed E-state index contributed by atoms with van der Waals surface area (Å²) >= 11 is 0. The van der Waals surface area contributed by atoms with Gasteiger partial charge in [-0.1, -0.05) is 50.1 Å². The number of nitrogens with one attached hydrogen (secondary N) is 1. The van der Waals surface area contributed by atoms with E-state index in [1.165, 1.54) is 6.42 Å². The van der Waals surface area contributed by atoms with E-state index >= 15 is 0 Å². The molecule has 0 amide bonds. The summed E-state index contributed by atoms with van der Waals surface area (Å²) in [5.74, 6) is 0.447. The van der Waals surface area contributed by atoms with Gasteiger partial charge in [0.2, 0.25) is 0 Å². The van der Waals surface area contributed by atoms with Crippen molar-refractivity contribution in [3.8, 4) is 0 Å². The maximum atomic E-state index is 12.8. The van der Waals surface area contributed by atoms with Gasteiger partial charge in [-0.15, -0.1) is 0 Å². The Morgan fingerprint density at radius 2 is 1.80 bits per heavy atom. The van der Waals surface area contributed by atoms with Gasteiger partial charge in [0.05, 0.1) is 6.42 Å². The maximum Gasteiger partial charge on any atom is 0.390 e. The van der Waals surface area contributed by atoms with Crippen LogP contribution in [0.5, 0.6) is 0 Å². The van der Waals surface area contributed by atoms with Crippen LogP contribution < -0.4 is 5.32 Å². The average Bonchev–Trinajstić information content (AvgIpc) is 2.40. The molecule has 1 saturated carbocycles. The number of hydrogen-bond acceptors (Lipinski definition) is 1. The molecule has 1 aromatic carbocycles. The van der Waals surface area contributed by atoms with Gasteiger partial charge < -0.3 is 5.32 Å². The molecule has 112 valence electrons. The van der Waals surface area contributed by atoms with E-state index in [0.717, 1.165) is 24.8 Å². The monoisotopic (exact) mass is 285 g/mol. The average molecular weight is 285 g/mol. The van der Waals surface area contributed by atoms with Crippen molar-refractivity contribution >= 4 is 0 Å². The Kier molecular flexibility index (Phi) is 5.08.